The second kappa shape index (κ2) is 7.89. The van der Waals surface area contributed by atoms with Crippen LogP contribution in [0.5, 0.6) is 0 Å². The summed E-state index contributed by atoms with van der Waals surface area (Å²) >= 11 is 0. The number of hydrogen-bond donors (Lipinski definition) is 0. The summed E-state index contributed by atoms with van der Waals surface area (Å²) in [6.07, 6.45) is 0. The van der Waals surface area contributed by atoms with Crippen LogP contribution in [0.4, 0.5) is 17.2 Å². The molecule has 1 aliphatic rings. The molecule has 0 unspecified atom stereocenters. The number of pyridine rings is 3. The second-order valence-corrected chi connectivity index (χ2v) is 8.88. The van der Waals surface area contributed by atoms with Gasteiger partial charge in [0.2, 0.25) is 5.52 Å². The molecule has 166 valence electrons. The van der Waals surface area contributed by atoms with Crippen molar-refractivity contribution in [1.29, 1.82) is 0 Å². The fourth-order valence-corrected chi connectivity index (χ4v) is 4.84. The first-order chi connectivity index (χ1) is 15.9. The predicted molar refractivity (Wildman–Crippen MR) is 133 cm³/mol. The summed E-state index contributed by atoms with van der Waals surface area (Å²) in [4.78, 5) is 30.3. The highest BCUT2D eigenvalue weighted by Gasteiger charge is 2.32. The first-order valence-electron chi connectivity index (χ1n) is 11.2. The number of hydrogen-bond acceptors (Lipinski definition) is 5. The van der Waals surface area contributed by atoms with Gasteiger partial charge in [-0.15, -0.1) is 4.98 Å². The maximum Gasteiger partial charge on any atom is 0.270 e. The zero-order chi connectivity index (χ0) is 23.3. The van der Waals surface area contributed by atoms with Crippen LogP contribution in [0.1, 0.15) is 19.5 Å². The normalized spacial score (nSPS) is 18.6. The minimum atomic E-state index is -0.0779. The third-order valence-electron chi connectivity index (χ3n) is 6.61. The second-order valence-electron chi connectivity index (χ2n) is 8.88. The van der Waals surface area contributed by atoms with E-state index in [1.807, 2.05) is 19.1 Å². The Morgan fingerprint density at radius 2 is 1.67 bits per heavy atom. The van der Waals surface area contributed by atoms with Crippen LogP contribution < -0.4 is 15.4 Å². The van der Waals surface area contributed by atoms with Crippen LogP contribution >= 0.6 is 0 Å². The highest BCUT2D eigenvalue weighted by atomic mass is 16.1. The average molecular weight is 439 g/mol. The molecular weight excluding hydrogens is 412 g/mol. The van der Waals surface area contributed by atoms with Gasteiger partial charge in [-0.05, 0) is 45.0 Å². The predicted octanol–water partition coefficient (Wildman–Crippen LogP) is 4.44. The Labute approximate surface area is 192 Å². The summed E-state index contributed by atoms with van der Waals surface area (Å²) in [7, 11) is 1.74. The lowest BCUT2D eigenvalue weighted by Crippen LogP contribution is -2.57. The number of aromatic nitrogens is 3. The van der Waals surface area contributed by atoms with Crippen LogP contribution in [-0.2, 0) is 7.05 Å². The van der Waals surface area contributed by atoms with Gasteiger partial charge in [-0.2, -0.15) is 0 Å². The van der Waals surface area contributed by atoms with Gasteiger partial charge in [0.05, 0.1) is 22.4 Å². The Balaban J connectivity index is 1.57. The third kappa shape index (κ3) is 3.48. The van der Waals surface area contributed by atoms with E-state index in [0.29, 0.717) is 11.3 Å². The lowest BCUT2D eigenvalue weighted by atomic mass is 10.0. The van der Waals surface area contributed by atoms with Crippen molar-refractivity contribution in [3.05, 3.63) is 76.0 Å². The monoisotopic (exact) mass is 438 g/mol. The summed E-state index contributed by atoms with van der Waals surface area (Å²) in [6.45, 7) is 15.3. The van der Waals surface area contributed by atoms with E-state index in [0.717, 1.165) is 46.6 Å². The molecule has 0 radical (unpaired) electrons. The van der Waals surface area contributed by atoms with E-state index in [2.05, 4.69) is 57.7 Å². The van der Waals surface area contributed by atoms with Gasteiger partial charge in [0.15, 0.2) is 0 Å². The number of anilines is 2. The van der Waals surface area contributed by atoms with E-state index in [-0.39, 0.29) is 17.6 Å². The molecule has 3 aromatic heterocycles. The van der Waals surface area contributed by atoms with Gasteiger partial charge in [0.25, 0.3) is 11.4 Å². The number of rotatable bonds is 2. The minimum Gasteiger partial charge on any atom is -0.363 e. The van der Waals surface area contributed by atoms with Crippen LogP contribution in [0.25, 0.3) is 26.8 Å². The fraction of sp³-hybridized carbons (Fsp3) is 0.308. The summed E-state index contributed by atoms with van der Waals surface area (Å²) in [5, 5.41) is 1.13. The van der Waals surface area contributed by atoms with Gasteiger partial charge in [0.1, 0.15) is 0 Å². The van der Waals surface area contributed by atoms with Crippen LogP contribution in [0.15, 0.2) is 53.3 Å². The molecule has 5 rings (SSSR count). The van der Waals surface area contributed by atoms with Crippen LogP contribution in [0.2, 0.25) is 0 Å². The molecule has 4 heterocycles. The molecule has 1 fully saturated rings. The lowest BCUT2D eigenvalue weighted by molar-refractivity contribution is 0.482. The van der Waals surface area contributed by atoms with E-state index in [1.54, 1.807) is 23.7 Å². The maximum absolute atomic E-state index is 12.7. The van der Waals surface area contributed by atoms with Gasteiger partial charge in [0, 0.05) is 49.4 Å². The molecule has 0 amide bonds. The van der Waals surface area contributed by atoms with Crippen molar-refractivity contribution in [3.8, 4) is 0 Å². The highest BCUT2D eigenvalue weighted by molar-refractivity contribution is 5.92. The molecular formula is C26H26N6O. The molecule has 33 heavy (non-hydrogen) atoms. The molecule has 1 aromatic carbocycles. The molecule has 0 N–H and O–H groups in total. The van der Waals surface area contributed by atoms with Crippen molar-refractivity contribution in [2.45, 2.75) is 32.9 Å². The molecule has 0 saturated carbocycles. The number of para-hydroxylation sites is 1. The maximum atomic E-state index is 12.7. The van der Waals surface area contributed by atoms with Gasteiger partial charge >= 0.3 is 0 Å². The molecule has 1 saturated heterocycles. The minimum absolute atomic E-state index is 0.0779. The first-order valence-corrected chi connectivity index (χ1v) is 11.2. The topological polar surface area (TPSA) is 58.6 Å². The Bertz CT molecular complexity index is 1480. The molecule has 0 spiro atoms. The molecule has 2 atom stereocenters. The molecule has 7 nitrogen and oxygen atoms in total. The average Bonchev–Trinajstić information content (AvgIpc) is 2.82. The number of benzene rings is 1. The quantitative estimate of drug-likeness (QED) is 0.433. The highest BCUT2D eigenvalue weighted by Crippen LogP contribution is 2.34. The SMILES string of the molecule is [C-]#[N+]c1ccc2c(n1)c(N1C[C@@H](C)N(c3cccc4ccc(C)nc34)C[C@@H]1C)cc(=O)n2C. The van der Waals surface area contributed by atoms with Crippen molar-refractivity contribution in [1.82, 2.24) is 14.5 Å². The standard InChI is InChI=1S/C26H26N6O/c1-16-9-10-19-7-6-8-21(25(19)28-16)31-14-18(3)32(15-17(31)2)22-13-24(33)30(5)20-11-12-23(27-4)29-26(20)22/h6-13,17-18H,14-15H2,1-3,5H3/t17-,18+/m1/s1. The Morgan fingerprint density at radius 1 is 0.939 bits per heavy atom. The largest absolute Gasteiger partial charge is 0.363 e. The zero-order valence-corrected chi connectivity index (χ0v) is 19.3. The number of piperazine rings is 1. The Hall–Kier alpha value is -3.92. The molecule has 4 aromatic rings. The molecule has 0 bridgehead atoms. The van der Waals surface area contributed by atoms with Crippen LogP contribution in [0, 0.1) is 13.5 Å². The summed E-state index contributed by atoms with van der Waals surface area (Å²) in [6, 6.07) is 16.0. The Morgan fingerprint density at radius 3 is 2.39 bits per heavy atom. The van der Waals surface area contributed by atoms with Crippen molar-refractivity contribution in [2.24, 2.45) is 7.05 Å². The van der Waals surface area contributed by atoms with Crippen LogP contribution in [0.3, 0.4) is 0 Å². The van der Waals surface area contributed by atoms with Crippen molar-refractivity contribution in [2.75, 3.05) is 22.9 Å². The number of nitrogens with zero attached hydrogens (tertiary/aromatic N) is 6. The molecule has 7 heteroatoms. The van der Waals surface area contributed by atoms with Crippen molar-refractivity contribution < 1.29 is 0 Å². The van der Waals surface area contributed by atoms with Gasteiger partial charge in [-0.25, -0.2) is 0 Å². The smallest absolute Gasteiger partial charge is 0.270 e. The van der Waals surface area contributed by atoms with Gasteiger partial charge in [-0.1, -0.05) is 24.8 Å². The van der Waals surface area contributed by atoms with Crippen LogP contribution in [-0.4, -0.2) is 39.7 Å². The van der Waals surface area contributed by atoms with E-state index < -0.39 is 0 Å². The Kier molecular flexibility index (Phi) is 5.01. The van der Waals surface area contributed by atoms with E-state index >= 15 is 0 Å². The lowest BCUT2D eigenvalue weighted by Gasteiger charge is -2.46. The summed E-state index contributed by atoms with van der Waals surface area (Å²) in [5.41, 5.74) is 5.31. The van der Waals surface area contributed by atoms with Gasteiger partial charge < -0.3 is 19.2 Å². The zero-order valence-electron chi connectivity index (χ0n) is 19.3. The summed E-state index contributed by atoms with van der Waals surface area (Å²) < 4.78 is 1.59. The fourth-order valence-electron chi connectivity index (χ4n) is 4.84. The van der Waals surface area contributed by atoms with E-state index in [9.17, 15) is 4.79 Å². The molecule has 0 aliphatic carbocycles. The first kappa shape index (κ1) is 21.0. The van der Waals surface area contributed by atoms with E-state index in [4.69, 9.17) is 11.6 Å². The number of fused-ring (bicyclic) bond motifs is 2. The molecule has 1 aliphatic heterocycles. The summed E-state index contributed by atoms with van der Waals surface area (Å²) in [5.74, 6) is 0.332. The van der Waals surface area contributed by atoms with Gasteiger partial charge in [-0.3, -0.25) is 9.78 Å². The van der Waals surface area contributed by atoms with Crippen molar-refractivity contribution in [3.63, 3.8) is 0 Å². The van der Waals surface area contributed by atoms with E-state index in [1.165, 1.54) is 0 Å². The number of aryl methyl sites for hydroxylation is 2. The van der Waals surface area contributed by atoms with Crippen molar-refractivity contribution >= 4 is 39.1 Å². The third-order valence-corrected chi connectivity index (χ3v) is 6.61.